The number of hydrogen-bond acceptors (Lipinski definition) is 5. The second kappa shape index (κ2) is 5.84. The van der Waals surface area contributed by atoms with Crippen LogP contribution in [0.25, 0.3) is 0 Å². The average molecular weight is 330 g/mol. The lowest BCUT2D eigenvalue weighted by atomic mass is 10.3. The molecule has 0 aliphatic carbocycles. The summed E-state index contributed by atoms with van der Waals surface area (Å²) in [6, 6.07) is 3.54. The van der Waals surface area contributed by atoms with Crippen molar-refractivity contribution in [2.24, 2.45) is 0 Å². The van der Waals surface area contributed by atoms with Crippen LogP contribution in [0.3, 0.4) is 0 Å². The number of aryl methyl sites for hydroxylation is 1. The molecule has 2 aromatic rings. The summed E-state index contributed by atoms with van der Waals surface area (Å²) in [5.74, 6) is -2.84. The highest BCUT2D eigenvalue weighted by molar-refractivity contribution is 7.92. The number of carbonyl (C=O) groups excluding carboxylic acids is 1. The summed E-state index contributed by atoms with van der Waals surface area (Å²) in [5, 5.41) is 4.26. The van der Waals surface area contributed by atoms with E-state index in [4.69, 9.17) is 4.52 Å². The number of hydrogen-bond donors (Lipinski definition) is 1. The molecule has 0 bridgehead atoms. The first-order valence-corrected chi connectivity index (χ1v) is 7.69. The molecule has 1 aromatic heterocycles. The molecule has 0 saturated carbocycles. The van der Waals surface area contributed by atoms with Gasteiger partial charge in [-0.05, 0) is 32.0 Å². The van der Waals surface area contributed by atoms with Crippen molar-refractivity contribution >= 4 is 21.6 Å². The Kier molecular flexibility index (Phi) is 4.27. The standard InChI is InChI=1S/C13H12F2N2O4S/c1-7-5-12(17-21-7)16-13(18)8(2)22(19,20)9-3-4-10(14)11(15)6-9/h3-6,8H,1-2H3,(H,16,17,18). The first-order chi connectivity index (χ1) is 10.2. The van der Waals surface area contributed by atoms with Crippen LogP contribution in [0.2, 0.25) is 0 Å². The number of anilines is 1. The van der Waals surface area contributed by atoms with Crippen molar-refractivity contribution in [3.8, 4) is 0 Å². The maximum Gasteiger partial charge on any atom is 0.244 e. The molecule has 0 aliphatic rings. The molecule has 0 spiro atoms. The van der Waals surface area contributed by atoms with Crippen LogP contribution in [0.1, 0.15) is 12.7 Å². The number of benzene rings is 1. The van der Waals surface area contributed by atoms with Gasteiger partial charge in [-0.2, -0.15) is 0 Å². The number of rotatable bonds is 4. The van der Waals surface area contributed by atoms with E-state index in [-0.39, 0.29) is 5.82 Å². The minimum absolute atomic E-state index is 0.0647. The SMILES string of the molecule is Cc1cc(NC(=O)C(C)S(=O)(=O)c2ccc(F)c(F)c2)no1. The summed E-state index contributed by atoms with van der Waals surface area (Å²) in [6.45, 7) is 2.74. The molecule has 22 heavy (non-hydrogen) atoms. The second-order valence-corrected chi connectivity index (χ2v) is 6.84. The van der Waals surface area contributed by atoms with Crippen LogP contribution < -0.4 is 5.32 Å². The Morgan fingerprint density at radius 2 is 1.95 bits per heavy atom. The fourth-order valence-corrected chi connectivity index (χ4v) is 2.93. The average Bonchev–Trinajstić information content (AvgIpc) is 2.86. The molecule has 6 nitrogen and oxygen atoms in total. The van der Waals surface area contributed by atoms with Gasteiger partial charge in [-0.1, -0.05) is 5.16 Å². The van der Waals surface area contributed by atoms with Crippen molar-refractivity contribution in [2.45, 2.75) is 24.0 Å². The maximum absolute atomic E-state index is 13.2. The summed E-state index contributed by atoms with van der Waals surface area (Å²) >= 11 is 0. The van der Waals surface area contributed by atoms with Gasteiger partial charge < -0.3 is 9.84 Å². The Morgan fingerprint density at radius 1 is 1.27 bits per heavy atom. The third-order valence-corrected chi connectivity index (χ3v) is 4.99. The lowest BCUT2D eigenvalue weighted by Crippen LogP contribution is -2.32. The molecular formula is C13H12F2N2O4S. The lowest BCUT2D eigenvalue weighted by Gasteiger charge is -2.12. The van der Waals surface area contributed by atoms with Crippen LogP contribution in [0.4, 0.5) is 14.6 Å². The molecule has 0 aliphatic heterocycles. The van der Waals surface area contributed by atoms with Crippen LogP contribution in [-0.4, -0.2) is 24.7 Å². The molecule has 1 aromatic carbocycles. The van der Waals surface area contributed by atoms with Crippen LogP contribution in [-0.2, 0) is 14.6 Å². The summed E-state index contributed by atoms with van der Waals surface area (Å²) < 4.78 is 55.2. The second-order valence-electron chi connectivity index (χ2n) is 4.58. The Bertz CT molecular complexity index is 817. The van der Waals surface area contributed by atoms with E-state index in [2.05, 4.69) is 10.5 Å². The third-order valence-electron chi connectivity index (χ3n) is 2.93. The van der Waals surface area contributed by atoms with Crippen LogP contribution in [0.5, 0.6) is 0 Å². The van der Waals surface area contributed by atoms with Crippen molar-refractivity contribution in [3.05, 3.63) is 41.7 Å². The zero-order valence-corrected chi connectivity index (χ0v) is 12.4. The van der Waals surface area contributed by atoms with Crippen LogP contribution in [0, 0.1) is 18.6 Å². The largest absolute Gasteiger partial charge is 0.360 e. The van der Waals surface area contributed by atoms with Gasteiger partial charge in [0.1, 0.15) is 11.0 Å². The molecule has 118 valence electrons. The van der Waals surface area contributed by atoms with E-state index in [9.17, 15) is 22.0 Å². The molecule has 1 N–H and O–H groups in total. The summed E-state index contributed by atoms with van der Waals surface area (Å²) in [6.07, 6.45) is 0. The maximum atomic E-state index is 13.2. The van der Waals surface area contributed by atoms with Crippen molar-refractivity contribution in [2.75, 3.05) is 5.32 Å². The van der Waals surface area contributed by atoms with Gasteiger partial charge in [-0.25, -0.2) is 17.2 Å². The third kappa shape index (κ3) is 3.14. The number of carbonyl (C=O) groups is 1. The first-order valence-electron chi connectivity index (χ1n) is 6.15. The van der Waals surface area contributed by atoms with E-state index >= 15 is 0 Å². The number of sulfone groups is 1. The number of amides is 1. The Balaban J connectivity index is 2.24. The topological polar surface area (TPSA) is 89.3 Å². The van der Waals surface area contributed by atoms with Crippen LogP contribution >= 0.6 is 0 Å². The van der Waals surface area contributed by atoms with Gasteiger partial charge in [0, 0.05) is 6.07 Å². The van der Waals surface area contributed by atoms with Gasteiger partial charge in [0.25, 0.3) is 0 Å². The van der Waals surface area contributed by atoms with E-state index in [0.29, 0.717) is 17.9 Å². The summed E-state index contributed by atoms with van der Waals surface area (Å²) in [5.41, 5.74) is 0. The van der Waals surface area contributed by atoms with Crippen molar-refractivity contribution < 1.29 is 26.5 Å². The molecular weight excluding hydrogens is 318 g/mol. The Labute approximate surface area is 125 Å². The van der Waals surface area contributed by atoms with Crippen molar-refractivity contribution in [1.29, 1.82) is 0 Å². The minimum atomic E-state index is -4.17. The molecule has 0 saturated heterocycles. The van der Waals surface area contributed by atoms with E-state index in [1.54, 1.807) is 6.92 Å². The lowest BCUT2D eigenvalue weighted by molar-refractivity contribution is -0.115. The smallest absolute Gasteiger partial charge is 0.244 e. The first kappa shape index (κ1) is 16.1. The predicted octanol–water partition coefficient (Wildman–Crippen LogP) is 2.06. The van der Waals surface area contributed by atoms with Gasteiger partial charge in [0.2, 0.25) is 5.91 Å². The molecule has 0 fully saturated rings. The predicted molar refractivity (Wildman–Crippen MR) is 72.9 cm³/mol. The number of nitrogens with zero attached hydrogens (tertiary/aromatic N) is 1. The van der Waals surface area contributed by atoms with Gasteiger partial charge in [0.05, 0.1) is 4.90 Å². The van der Waals surface area contributed by atoms with Crippen LogP contribution in [0.15, 0.2) is 33.7 Å². The van der Waals surface area contributed by atoms with Gasteiger partial charge in [-0.3, -0.25) is 4.79 Å². The van der Waals surface area contributed by atoms with Crippen molar-refractivity contribution in [1.82, 2.24) is 5.16 Å². The molecule has 1 amide bonds. The van der Waals surface area contributed by atoms with E-state index < -0.39 is 37.5 Å². The number of halogens is 2. The number of nitrogens with one attached hydrogen (secondary N) is 1. The van der Waals surface area contributed by atoms with Gasteiger partial charge in [-0.15, -0.1) is 0 Å². The fraction of sp³-hybridized carbons (Fsp3) is 0.231. The van der Waals surface area contributed by atoms with Gasteiger partial charge >= 0.3 is 0 Å². The Hall–Kier alpha value is -2.29. The fourth-order valence-electron chi connectivity index (χ4n) is 1.65. The van der Waals surface area contributed by atoms with E-state index in [1.807, 2.05) is 0 Å². The molecule has 1 unspecified atom stereocenters. The molecule has 9 heteroatoms. The highest BCUT2D eigenvalue weighted by Crippen LogP contribution is 2.20. The highest BCUT2D eigenvalue weighted by atomic mass is 32.2. The molecule has 1 heterocycles. The zero-order valence-electron chi connectivity index (χ0n) is 11.6. The van der Waals surface area contributed by atoms with E-state index in [1.165, 1.54) is 6.07 Å². The summed E-state index contributed by atoms with van der Waals surface area (Å²) in [4.78, 5) is 11.5. The molecule has 0 radical (unpaired) electrons. The highest BCUT2D eigenvalue weighted by Gasteiger charge is 2.31. The number of aromatic nitrogens is 1. The molecule has 1 atom stereocenters. The zero-order chi connectivity index (χ0) is 16.5. The van der Waals surface area contributed by atoms with Gasteiger partial charge in [0.15, 0.2) is 27.3 Å². The minimum Gasteiger partial charge on any atom is -0.360 e. The monoisotopic (exact) mass is 330 g/mol. The van der Waals surface area contributed by atoms with E-state index in [0.717, 1.165) is 13.0 Å². The molecule has 2 rings (SSSR count). The Morgan fingerprint density at radius 3 is 2.50 bits per heavy atom. The normalized spacial score (nSPS) is 12.9. The summed E-state index contributed by atoms with van der Waals surface area (Å²) in [7, 11) is -4.17. The quantitative estimate of drug-likeness (QED) is 0.867. The van der Waals surface area contributed by atoms with Crippen molar-refractivity contribution in [3.63, 3.8) is 0 Å².